The SMILES string of the molecule is Cl.Cl.N#Cc1ccc(CN[C@@H]2CN[C@H](C(=O)N3CCSCC3)C2)cc1. The Balaban J connectivity index is 0.00000156. The van der Waals surface area contributed by atoms with Crippen LogP contribution in [0.15, 0.2) is 24.3 Å². The van der Waals surface area contributed by atoms with Crippen molar-refractivity contribution in [2.75, 3.05) is 31.1 Å². The maximum Gasteiger partial charge on any atom is 0.239 e. The number of nitrogens with zero attached hydrogens (tertiary/aromatic N) is 2. The Hall–Kier alpha value is -0.970. The van der Waals surface area contributed by atoms with Gasteiger partial charge in [0, 0.05) is 43.7 Å². The highest BCUT2D eigenvalue weighted by atomic mass is 35.5. The topological polar surface area (TPSA) is 68.2 Å². The summed E-state index contributed by atoms with van der Waals surface area (Å²) < 4.78 is 0. The molecule has 1 aromatic carbocycles. The molecule has 2 atom stereocenters. The second-order valence-corrected chi connectivity index (χ2v) is 7.25. The third-order valence-electron chi connectivity index (χ3n) is 4.43. The molecule has 0 saturated carbocycles. The lowest BCUT2D eigenvalue weighted by atomic mass is 10.1. The molecule has 0 radical (unpaired) electrons. The fourth-order valence-corrected chi connectivity index (χ4v) is 3.95. The Morgan fingerprint density at radius 3 is 2.60 bits per heavy atom. The van der Waals surface area contributed by atoms with Gasteiger partial charge < -0.3 is 15.5 Å². The van der Waals surface area contributed by atoms with E-state index in [-0.39, 0.29) is 36.8 Å². The highest BCUT2D eigenvalue weighted by Crippen LogP contribution is 2.15. The first kappa shape index (κ1) is 22.1. The van der Waals surface area contributed by atoms with Crippen molar-refractivity contribution in [3.05, 3.63) is 35.4 Å². The zero-order chi connectivity index (χ0) is 16.1. The molecule has 138 valence electrons. The molecule has 25 heavy (non-hydrogen) atoms. The first-order valence-electron chi connectivity index (χ1n) is 8.08. The van der Waals surface area contributed by atoms with Crippen molar-refractivity contribution in [2.24, 2.45) is 0 Å². The highest BCUT2D eigenvalue weighted by Gasteiger charge is 2.32. The normalized spacial score (nSPS) is 22.4. The molecular formula is C17H24Cl2N4OS. The minimum atomic E-state index is -0.0448. The van der Waals surface area contributed by atoms with Crippen LogP contribution in [0.2, 0.25) is 0 Å². The van der Waals surface area contributed by atoms with Crippen LogP contribution in [0.4, 0.5) is 0 Å². The lowest BCUT2D eigenvalue weighted by Gasteiger charge is -2.28. The van der Waals surface area contributed by atoms with Crippen LogP contribution in [0, 0.1) is 11.3 Å². The van der Waals surface area contributed by atoms with Crippen molar-refractivity contribution in [1.29, 1.82) is 5.26 Å². The fraction of sp³-hybridized carbons (Fsp3) is 0.529. The van der Waals surface area contributed by atoms with E-state index in [1.807, 2.05) is 40.9 Å². The molecule has 2 aliphatic heterocycles. The number of benzene rings is 1. The number of hydrogen-bond acceptors (Lipinski definition) is 5. The van der Waals surface area contributed by atoms with Gasteiger partial charge in [-0.2, -0.15) is 17.0 Å². The molecule has 0 aliphatic carbocycles. The monoisotopic (exact) mass is 402 g/mol. The van der Waals surface area contributed by atoms with Gasteiger partial charge in [-0.25, -0.2) is 0 Å². The molecule has 3 rings (SSSR count). The molecule has 5 nitrogen and oxygen atoms in total. The van der Waals surface area contributed by atoms with Gasteiger partial charge in [-0.15, -0.1) is 24.8 Å². The summed E-state index contributed by atoms with van der Waals surface area (Å²) in [7, 11) is 0. The summed E-state index contributed by atoms with van der Waals surface area (Å²) in [6, 6.07) is 10.0. The van der Waals surface area contributed by atoms with Crippen LogP contribution < -0.4 is 10.6 Å². The molecule has 1 amide bonds. The van der Waals surface area contributed by atoms with Crippen molar-refractivity contribution in [1.82, 2.24) is 15.5 Å². The van der Waals surface area contributed by atoms with Gasteiger partial charge in [-0.3, -0.25) is 4.79 Å². The van der Waals surface area contributed by atoms with Gasteiger partial charge in [-0.1, -0.05) is 12.1 Å². The third-order valence-corrected chi connectivity index (χ3v) is 5.37. The van der Waals surface area contributed by atoms with Crippen molar-refractivity contribution in [3.8, 4) is 6.07 Å². The number of nitrogens with one attached hydrogen (secondary N) is 2. The summed E-state index contributed by atoms with van der Waals surface area (Å²) in [5.41, 5.74) is 1.84. The first-order valence-corrected chi connectivity index (χ1v) is 9.24. The van der Waals surface area contributed by atoms with E-state index in [0.29, 0.717) is 11.6 Å². The Bertz CT molecular complexity index is 587. The number of hydrogen-bond donors (Lipinski definition) is 2. The molecule has 2 fully saturated rings. The van der Waals surface area contributed by atoms with Crippen molar-refractivity contribution in [3.63, 3.8) is 0 Å². The summed E-state index contributed by atoms with van der Waals surface area (Å²) in [6.45, 7) is 3.35. The molecule has 2 N–H and O–H groups in total. The Labute approximate surface area is 165 Å². The lowest BCUT2D eigenvalue weighted by Crippen LogP contribution is -2.46. The molecule has 0 bridgehead atoms. The molecule has 0 spiro atoms. The van der Waals surface area contributed by atoms with E-state index < -0.39 is 0 Å². The van der Waals surface area contributed by atoms with E-state index in [0.717, 1.165) is 49.7 Å². The molecule has 0 unspecified atom stereocenters. The lowest BCUT2D eigenvalue weighted by molar-refractivity contribution is -0.132. The number of amides is 1. The van der Waals surface area contributed by atoms with Crippen LogP contribution in [0.1, 0.15) is 17.5 Å². The summed E-state index contributed by atoms with van der Waals surface area (Å²) >= 11 is 1.92. The van der Waals surface area contributed by atoms with Gasteiger partial charge >= 0.3 is 0 Å². The van der Waals surface area contributed by atoms with E-state index in [1.165, 1.54) is 0 Å². The average molecular weight is 403 g/mol. The van der Waals surface area contributed by atoms with Gasteiger partial charge in [0.1, 0.15) is 0 Å². The van der Waals surface area contributed by atoms with Crippen LogP contribution >= 0.6 is 36.6 Å². The van der Waals surface area contributed by atoms with Crippen molar-refractivity contribution >= 4 is 42.5 Å². The Morgan fingerprint density at radius 2 is 1.96 bits per heavy atom. The van der Waals surface area contributed by atoms with E-state index in [4.69, 9.17) is 5.26 Å². The number of rotatable bonds is 4. The molecule has 1 aromatic rings. The quantitative estimate of drug-likeness (QED) is 0.803. The molecule has 2 saturated heterocycles. The van der Waals surface area contributed by atoms with Gasteiger partial charge in [0.15, 0.2) is 0 Å². The third kappa shape index (κ3) is 6.05. The summed E-state index contributed by atoms with van der Waals surface area (Å²) in [6.07, 6.45) is 0.846. The van der Waals surface area contributed by atoms with E-state index >= 15 is 0 Å². The van der Waals surface area contributed by atoms with Crippen LogP contribution in [0.5, 0.6) is 0 Å². The van der Waals surface area contributed by atoms with Gasteiger partial charge in [0.05, 0.1) is 17.7 Å². The average Bonchev–Trinajstić information content (AvgIpc) is 3.09. The van der Waals surface area contributed by atoms with Gasteiger partial charge in [-0.05, 0) is 24.1 Å². The Morgan fingerprint density at radius 1 is 1.28 bits per heavy atom. The minimum Gasteiger partial charge on any atom is -0.340 e. The van der Waals surface area contributed by atoms with Crippen molar-refractivity contribution in [2.45, 2.75) is 25.0 Å². The summed E-state index contributed by atoms with van der Waals surface area (Å²) in [4.78, 5) is 14.5. The second-order valence-electron chi connectivity index (χ2n) is 6.02. The molecule has 0 aromatic heterocycles. The number of nitriles is 1. The number of carbonyl (C=O) groups excluding carboxylic acids is 1. The number of halogens is 2. The van der Waals surface area contributed by atoms with E-state index in [9.17, 15) is 4.79 Å². The van der Waals surface area contributed by atoms with Crippen LogP contribution in [0.25, 0.3) is 0 Å². The zero-order valence-corrected chi connectivity index (χ0v) is 16.4. The van der Waals surface area contributed by atoms with Crippen LogP contribution in [-0.2, 0) is 11.3 Å². The largest absolute Gasteiger partial charge is 0.340 e. The van der Waals surface area contributed by atoms with Crippen LogP contribution in [0.3, 0.4) is 0 Å². The van der Waals surface area contributed by atoms with Gasteiger partial charge in [0.2, 0.25) is 5.91 Å². The van der Waals surface area contributed by atoms with Crippen molar-refractivity contribution < 1.29 is 4.79 Å². The van der Waals surface area contributed by atoms with E-state index in [1.54, 1.807) is 0 Å². The standard InChI is InChI=1S/C17H22N4OS.2ClH/c18-10-13-1-3-14(4-2-13)11-19-15-9-16(20-12-15)17(22)21-5-7-23-8-6-21;;/h1-4,15-16,19-20H,5-9,11-12H2;2*1H/t15-,16-;;/m0../s1. The highest BCUT2D eigenvalue weighted by molar-refractivity contribution is 7.99. The minimum absolute atomic E-state index is 0. The van der Waals surface area contributed by atoms with Crippen LogP contribution in [-0.4, -0.2) is 54.0 Å². The number of carbonyl (C=O) groups is 1. The molecule has 2 aliphatic rings. The maximum atomic E-state index is 12.5. The maximum absolute atomic E-state index is 12.5. The Kier molecular flexibility index (Phi) is 9.62. The molecule has 2 heterocycles. The number of thioether (sulfide) groups is 1. The predicted molar refractivity (Wildman–Crippen MR) is 107 cm³/mol. The molecule has 8 heteroatoms. The summed E-state index contributed by atoms with van der Waals surface area (Å²) in [5.74, 6) is 2.37. The van der Waals surface area contributed by atoms with Gasteiger partial charge in [0.25, 0.3) is 0 Å². The van der Waals surface area contributed by atoms with E-state index in [2.05, 4.69) is 16.7 Å². The zero-order valence-electron chi connectivity index (χ0n) is 13.9. The first-order chi connectivity index (χ1) is 11.3. The predicted octanol–water partition coefficient (Wildman–Crippen LogP) is 1.80. The smallest absolute Gasteiger partial charge is 0.239 e. The summed E-state index contributed by atoms with van der Waals surface area (Å²) in [5, 5.41) is 15.7. The second kappa shape index (κ2) is 10.9. The molecular weight excluding hydrogens is 379 g/mol. The fourth-order valence-electron chi connectivity index (χ4n) is 3.04.